The highest BCUT2D eigenvalue weighted by atomic mass is 79.9. The van der Waals surface area contributed by atoms with E-state index in [0.717, 1.165) is 42.9 Å². The van der Waals surface area contributed by atoms with Gasteiger partial charge in [0.25, 0.3) is 0 Å². The van der Waals surface area contributed by atoms with Crippen LogP contribution in [-0.4, -0.2) is 44.2 Å². The van der Waals surface area contributed by atoms with Crippen molar-refractivity contribution in [1.82, 2.24) is 15.5 Å². The molecule has 7 heteroatoms. The van der Waals surface area contributed by atoms with Crippen LogP contribution in [0.4, 0.5) is 4.39 Å². The van der Waals surface area contributed by atoms with Gasteiger partial charge in [0.05, 0.1) is 13.2 Å². The van der Waals surface area contributed by atoms with Gasteiger partial charge in [-0.15, -0.1) is 0 Å². The lowest BCUT2D eigenvalue weighted by molar-refractivity contribution is 0.0341. The lowest BCUT2D eigenvalue weighted by atomic mass is 10.1. The van der Waals surface area contributed by atoms with Crippen LogP contribution >= 0.6 is 15.9 Å². The SMILES string of the molecule is CN=C(NCc1cc(F)cc(Br)c1)NCc1ccccc1CN1CCOCC1. The Kier molecular flexibility index (Phi) is 7.82. The summed E-state index contributed by atoms with van der Waals surface area (Å²) < 4.78 is 19.7. The number of ether oxygens (including phenoxy) is 1. The first-order valence-electron chi connectivity index (χ1n) is 9.40. The van der Waals surface area contributed by atoms with Gasteiger partial charge in [0, 0.05) is 44.2 Å². The van der Waals surface area contributed by atoms with Gasteiger partial charge in [-0.25, -0.2) is 4.39 Å². The highest BCUT2D eigenvalue weighted by Gasteiger charge is 2.12. The average molecular weight is 449 g/mol. The molecule has 0 aromatic heterocycles. The predicted octanol–water partition coefficient (Wildman–Crippen LogP) is 3.29. The molecule has 150 valence electrons. The van der Waals surface area contributed by atoms with Gasteiger partial charge in [-0.3, -0.25) is 9.89 Å². The summed E-state index contributed by atoms with van der Waals surface area (Å²) in [7, 11) is 1.73. The first kappa shape index (κ1) is 20.8. The molecule has 2 aromatic rings. The number of guanidine groups is 1. The van der Waals surface area contributed by atoms with Crippen molar-refractivity contribution in [2.24, 2.45) is 4.99 Å². The molecule has 28 heavy (non-hydrogen) atoms. The lowest BCUT2D eigenvalue weighted by Gasteiger charge is -2.27. The monoisotopic (exact) mass is 448 g/mol. The second-order valence-electron chi connectivity index (χ2n) is 6.71. The molecule has 0 amide bonds. The molecule has 0 saturated carbocycles. The summed E-state index contributed by atoms with van der Waals surface area (Å²) in [6.45, 7) is 5.62. The fraction of sp³-hybridized carbons (Fsp3) is 0.381. The quantitative estimate of drug-likeness (QED) is 0.525. The third-order valence-corrected chi connectivity index (χ3v) is 5.13. The van der Waals surface area contributed by atoms with Crippen molar-refractivity contribution in [3.63, 3.8) is 0 Å². The van der Waals surface area contributed by atoms with Crippen LogP contribution in [0.2, 0.25) is 0 Å². The molecule has 0 bridgehead atoms. The van der Waals surface area contributed by atoms with Gasteiger partial charge in [0.1, 0.15) is 5.82 Å². The Labute approximate surface area is 174 Å². The Morgan fingerprint density at radius 1 is 1.11 bits per heavy atom. The summed E-state index contributed by atoms with van der Waals surface area (Å²) in [5.74, 6) is 0.424. The predicted molar refractivity (Wildman–Crippen MR) is 114 cm³/mol. The highest BCUT2D eigenvalue weighted by molar-refractivity contribution is 9.10. The van der Waals surface area contributed by atoms with Crippen LogP contribution < -0.4 is 10.6 Å². The molecule has 0 aliphatic carbocycles. The number of aliphatic imine (C=N–C) groups is 1. The number of hydrogen-bond donors (Lipinski definition) is 2. The average Bonchev–Trinajstić information content (AvgIpc) is 2.69. The smallest absolute Gasteiger partial charge is 0.191 e. The number of hydrogen-bond acceptors (Lipinski definition) is 3. The minimum absolute atomic E-state index is 0.258. The molecule has 2 aromatic carbocycles. The van der Waals surface area contributed by atoms with E-state index in [4.69, 9.17) is 4.74 Å². The molecule has 3 rings (SSSR count). The number of nitrogens with one attached hydrogen (secondary N) is 2. The maximum absolute atomic E-state index is 13.5. The maximum Gasteiger partial charge on any atom is 0.191 e. The molecule has 2 N–H and O–H groups in total. The van der Waals surface area contributed by atoms with E-state index in [1.54, 1.807) is 7.05 Å². The zero-order valence-electron chi connectivity index (χ0n) is 16.0. The van der Waals surface area contributed by atoms with Crippen molar-refractivity contribution < 1.29 is 9.13 Å². The van der Waals surface area contributed by atoms with E-state index in [0.29, 0.717) is 19.0 Å². The lowest BCUT2D eigenvalue weighted by Crippen LogP contribution is -2.37. The van der Waals surface area contributed by atoms with Crippen molar-refractivity contribution in [1.29, 1.82) is 0 Å². The fourth-order valence-electron chi connectivity index (χ4n) is 3.18. The zero-order valence-corrected chi connectivity index (χ0v) is 17.6. The van der Waals surface area contributed by atoms with Crippen LogP contribution in [0.25, 0.3) is 0 Å². The van der Waals surface area contributed by atoms with Gasteiger partial charge >= 0.3 is 0 Å². The van der Waals surface area contributed by atoms with E-state index in [-0.39, 0.29) is 5.82 Å². The molecule has 0 atom stereocenters. The van der Waals surface area contributed by atoms with Crippen molar-refractivity contribution in [3.05, 3.63) is 69.4 Å². The van der Waals surface area contributed by atoms with E-state index in [1.807, 2.05) is 6.07 Å². The Bertz CT molecular complexity index is 788. The topological polar surface area (TPSA) is 48.9 Å². The normalized spacial score (nSPS) is 15.5. The highest BCUT2D eigenvalue weighted by Crippen LogP contribution is 2.15. The summed E-state index contributed by atoms with van der Waals surface area (Å²) in [5, 5.41) is 6.59. The minimum atomic E-state index is -0.258. The van der Waals surface area contributed by atoms with E-state index >= 15 is 0 Å². The Morgan fingerprint density at radius 3 is 2.54 bits per heavy atom. The summed E-state index contributed by atoms with van der Waals surface area (Å²) in [6, 6.07) is 13.3. The molecule has 1 heterocycles. The number of nitrogens with zero attached hydrogens (tertiary/aromatic N) is 2. The van der Waals surface area contributed by atoms with Gasteiger partial charge in [0.2, 0.25) is 0 Å². The Morgan fingerprint density at radius 2 is 1.82 bits per heavy atom. The summed E-state index contributed by atoms with van der Waals surface area (Å²) in [4.78, 5) is 6.68. The van der Waals surface area contributed by atoms with Gasteiger partial charge in [-0.2, -0.15) is 0 Å². The third-order valence-electron chi connectivity index (χ3n) is 4.67. The van der Waals surface area contributed by atoms with Crippen LogP contribution in [0, 0.1) is 5.82 Å². The molecular weight excluding hydrogens is 423 g/mol. The number of morpholine rings is 1. The van der Waals surface area contributed by atoms with Crippen LogP contribution in [0.1, 0.15) is 16.7 Å². The molecule has 1 aliphatic heterocycles. The summed E-state index contributed by atoms with van der Waals surface area (Å²) >= 11 is 3.32. The number of halogens is 2. The van der Waals surface area contributed by atoms with Gasteiger partial charge in [0.15, 0.2) is 5.96 Å². The van der Waals surface area contributed by atoms with E-state index in [1.165, 1.54) is 23.3 Å². The van der Waals surface area contributed by atoms with Crippen molar-refractivity contribution >= 4 is 21.9 Å². The van der Waals surface area contributed by atoms with Crippen LogP contribution in [-0.2, 0) is 24.4 Å². The second-order valence-corrected chi connectivity index (χ2v) is 7.63. The van der Waals surface area contributed by atoms with Crippen LogP contribution in [0.3, 0.4) is 0 Å². The molecule has 1 saturated heterocycles. The summed E-state index contributed by atoms with van der Waals surface area (Å²) in [6.07, 6.45) is 0. The standard InChI is InChI=1S/C21H26BrFN4O/c1-24-21(25-13-16-10-19(22)12-20(23)11-16)26-14-17-4-2-3-5-18(17)15-27-6-8-28-9-7-27/h2-5,10-12H,6-9,13-15H2,1H3,(H2,24,25,26). The fourth-order valence-corrected chi connectivity index (χ4v) is 3.70. The van der Waals surface area contributed by atoms with E-state index in [2.05, 4.69) is 60.7 Å². The second kappa shape index (κ2) is 10.5. The molecule has 0 unspecified atom stereocenters. The largest absolute Gasteiger partial charge is 0.379 e. The molecular formula is C21H26BrFN4O. The third kappa shape index (κ3) is 6.29. The van der Waals surface area contributed by atoms with E-state index in [9.17, 15) is 4.39 Å². The molecule has 5 nitrogen and oxygen atoms in total. The summed E-state index contributed by atoms with van der Waals surface area (Å²) in [5.41, 5.74) is 3.40. The molecule has 0 spiro atoms. The Hall–Kier alpha value is -1.96. The molecule has 1 fully saturated rings. The minimum Gasteiger partial charge on any atom is -0.379 e. The molecule has 1 aliphatic rings. The van der Waals surface area contributed by atoms with Crippen molar-refractivity contribution in [3.8, 4) is 0 Å². The number of benzene rings is 2. The Balaban J connectivity index is 1.56. The molecule has 0 radical (unpaired) electrons. The van der Waals surface area contributed by atoms with Crippen molar-refractivity contribution in [2.45, 2.75) is 19.6 Å². The zero-order chi connectivity index (χ0) is 19.8. The first-order chi connectivity index (χ1) is 13.6. The first-order valence-corrected chi connectivity index (χ1v) is 10.2. The van der Waals surface area contributed by atoms with Crippen LogP contribution in [0.5, 0.6) is 0 Å². The van der Waals surface area contributed by atoms with Crippen LogP contribution in [0.15, 0.2) is 51.9 Å². The van der Waals surface area contributed by atoms with Gasteiger partial charge in [-0.1, -0.05) is 40.2 Å². The van der Waals surface area contributed by atoms with Gasteiger partial charge < -0.3 is 15.4 Å². The maximum atomic E-state index is 13.5. The van der Waals surface area contributed by atoms with Gasteiger partial charge in [-0.05, 0) is 34.9 Å². The van der Waals surface area contributed by atoms with E-state index < -0.39 is 0 Å². The number of rotatable bonds is 6. The van der Waals surface area contributed by atoms with Crippen molar-refractivity contribution in [2.75, 3.05) is 33.4 Å².